The lowest BCUT2D eigenvalue weighted by Crippen LogP contribution is -2.44. The van der Waals surface area contributed by atoms with Gasteiger partial charge in [-0.3, -0.25) is 0 Å². The number of ether oxygens (including phenoxy) is 1. The maximum atomic E-state index is 15.1. The first kappa shape index (κ1) is 20.3. The van der Waals surface area contributed by atoms with Gasteiger partial charge in [0.05, 0.1) is 0 Å². The van der Waals surface area contributed by atoms with E-state index in [0.29, 0.717) is 34.1 Å². The van der Waals surface area contributed by atoms with Crippen LogP contribution in [0.3, 0.4) is 0 Å². The zero-order valence-corrected chi connectivity index (χ0v) is 18.1. The number of halogens is 1. The van der Waals surface area contributed by atoms with Crippen LogP contribution in [-0.2, 0) is 0 Å². The summed E-state index contributed by atoms with van der Waals surface area (Å²) >= 11 is 0. The van der Waals surface area contributed by atoms with Crippen molar-refractivity contribution in [3.8, 4) is 11.8 Å². The zero-order chi connectivity index (χ0) is 22.2. The van der Waals surface area contributed by atoms with Gasteiger partial charge in [-0.1, -0.05) is 5.16 Å². The third-order valence-corrected chi connectivity index (χ3v) is 5.44. The van der Waals surface area contributed by atoms with E-state index in [4.69, 9.17) is 9.26 Å². The molecule has 0 unspecified atom stereocenters. The summed E-state index contributed by atoms with van der Waals surface area (Å²) < 4.78 is 26.0. The molecule has 10 heteroatoms. The second-order valence-corrected chi connectivity index (χ2v) is 8.03. The van der Waals surface area contributed by atoms with E-state index >= 15 is 4.39 Å². The molecular weight excluding hydrogens is 413 g/mol. The second-order valence-electron chi connectivity index (χ2n) is 8.03. The molecule has 32 heavy (non-hydrogen) atoms. The minimum absolute atomic E-state index is 0.0506. The van der Waals surface area contributed by atoms with E-state index in [0.717, 1.165) is 31.9 Å². The number of piperazine rings is 1. The highest BCUT2D eigenvalue weighted by Crippen LogP contribution is 2.31. The molecule has 4 heterocycles. The van der Waals surface area contributed by atoms with Gasteiger partial charge in [0.15, 0.2) is 17.4 Å². The molecule has 5 rings (SSSR count). The Labute approximate surface area is 184 Å². The quantitative estimate of drug-likeness (QED) is 0.484. The average Bonchev–Trinajstić information content (AvgIpc) is 3.35. The SMILES string of the molecule is Cc1cc2c(F)c(Oc3nc(Nc4cc(C)on4)cc(N4CCN(C)CC4)n3)ccc2[nH]1. The van der Waals surface area contributed by atoms with Crippen LogP contribution in [-0.4, -0.2) is 58.2 Å². The molecule has 4 aromatic rings. The van der Waals surface area contributed by atoms with E-state index < -0.39 is 5.82 Å². The van der Waals surface area contributed by atoms with E-state index in [1.54, 1.807) is 24.3 Å². The number of benzene rings is 1. The highest BCUT2D eigenvalue weighted by Gasteiger charge is 2.19. The Bertz CT molecular complexity index is 1260. The van der Waals surface area contributed by atoms with Gasteiger partial charge in [0.25, 0.3) is 0 Å². The van der Waals surface area contributed by atoms with Gasteiger partial charge in [0.1, 0.15) is 17.4 Å². The van der Waals surface area contributed by atoms with Crippen LogP contribution in [0.4, 0.5) is 21.8 Å². The third kappa shape index (κ3) is 4.09. The fraction of sp³-hybridized carbons (Fsp3) is 0.318. The van der Waals surface area contributed by atoms with Gasteiger partial charge in [0, 0.05) is 54.9 Å². The van der Waals surface area contributed by atoms with Crippen molar-refractivity contribution in [3.63, 3.8) is 0 Å². The molecular formula is C22H24FN7O2. The number of likely N-dealkylation sites (N-methyl/N-ethyl adjacent to an activating group) is 1. The number of fused-ring (bicyclic) bond motifs is 1. The minimum Gasteiger partial charge on any atom is -0.421 e. The number of aromatic nitrogens is 4. The van der Waals surface area contributed by atoms with Crippen molar-refractivity contribution in [2.45, 2.75) is 13.8 Å². The number of hydrogen-bond acceptors (Lipinski definition) is 8. The number of aryl methyl sites for hydroxylation is 2. The number of rotatable bonds is 5. The van der Waals surface area contributed by atoms with E-state index in [2.05, 4.69) is 42.3 Å². The van der Waals surface area contributed by atoms with Crippen LogP contribution in [0.15, 0.2) is 34.9 Å². The van der Waals surface area contributed by atoms with Crippen LogP contribution in [0.2, 0.25) is 0 Å². The molecule has 1 aliphatic heterocycles. The van der Waals surface area contributed by atoms with E-state index in [-0.39, 0.29) is 11.8 Å². The van der Waals surface area contributed by atoms with Gasteiger partial charge in [-0.15, -0.1) is 0 Å². The third-order valence-electron chi connectivity index (χ3n) is 5.44. The van der Waals surface area contributed by atoms with Crippen LogP contribution in [0.25, 0.3) is 10.9 Å². The number of anilines is 3. The van der Waals surface area contributed by atoms with Crippen LogP contribution < -0.4 is 15.0 Å². The average molecular weight is 437 g/mol. The summed E-state index contributed by atoms with van der Waals surface area (Å²) in [5.74, 6) is 1.99. The molecule has 9 nitrogen and oxygen atoms in total. The molecule has 0 radical (unpaired) electrons. The maximum absolute atomic E-state index is 15.1. The number of H-pyrrole nitrogens is 1. The predicted molar refractivity (Wildman–Crippen MR) is 119 cm³/mol. The van der Waals surface area contributed by atoms with Crippen LogP contribution >= 0.6 is 0 Å². The fourth-order valence-corrected chi connectivity index (χ4v) is 3.74. The molecule has 3 aromatic heterocycles. The van der Waals surface area contributed by atoms with Gasteiger partial charge in [-0.25, -0.2) is 4.39 Å². The minimum atomic E-state index is -0.456. The van der Waals surface area contributed by atoms with Crippen molar-refractivity contribution >= 4 is 28.4 Å². The van der Waals surface area contributed by atoms with Gasteiger partial charge in [-0.05, 0) is 39.1 Å². The summed E-state index contributed by atoms with van der Waals surface area (Å²) in [7, 11) is 2.09. The van der Waals surface area contributed by atoms with Crippen molar-refractivity contribution in [3.05, 3.63) is 47.6 Å². The lowest BCUT2D eigenvalue weighted by Gasteiger charge is -2.33. The first-order chi connectivity index (χ1) is 15.4. The molecule has 166 valence electrons. The monoisotopic (exact) mass is 437 g/mol. The Morgan fingerprint density at radius 2 is 1.88 bits per heavy atom. The van der Waals surface area contributed by atoms with Gasteiger partial charge in [-0.2, -0.15) is 9.97 Å². The topological polar surface area (TPSA) is 95.3 Å². The number of hydrogen-bond donors (Lipinski definition) is 2. The first-order valence-corrected chi connectivity index (χ1v) is 10.4. The molecule has 1 fully saturated rings. The summed E-state index contributed by atoms with van der Waals surface area (Å²) in [5.41, 5.74) is 1.59. The zero-order valence-electron chi connectivity index (χ0n) is 18.1. The van der Waals surface area contributed by atoms with Gasteiger partial charge >= 0.3 is 6.01 Å². The molecule has 0 bridgehead atoms. The molecule has 0 aliphatic carbocycles. The Balaban J connectivity index is 1.49. The van der Waals surface area contributed by atoms with E-state index in [1.165, 1.54) is 0 Å². The fourth-order valence-electron chi connectivity index (χ4n) is 3.74. The van der Waals surface area contributed by atoms with E-state index in [1.807, 2.05) is 19.9 Å². The van der Waals surface area contributed by atoms with Crippen molar-refractivity contribution < 1.29 is 13.7 Å². The van der Waals surface area contributed by atoms with Crippen LogP contribution in [0, 0.1) is 19.7 Å². The highest BCUT2D eigenvalue weighted by molar-refractivity contribution is 5.82. The summed E-state index contributed by atoms with van der Waals surface area (Å²) in [6, 6.07) is 8.75. The lowest BCUT2D eigenvalue weighted by molar-refractivity contribution is 0.311. The number of nitrogens with one attached hydrogen (secondary N) is 2. The Hall–Kier alpha value is -3.66. The molecule has 0 spiro atoms. The molecule has 0 amide bonds. The Kier molecular flexibility index (Phi) is 5.14. The standard InChI is InChI=1S/C22H24FN7O2/c1-13-10-15-16(24-13)4-5-17(21(15)23)31-22-26-18(25-19-11-14(2)32-28-19)12-20(27-22)30-8-6-29(3)7-9-30/h4-5,10-12,24H,6-9H2,1-3H3,(H,25,26,27,28). The predicted octanol–water partition coefficient (Wildman–Crippen LogP) is 3.99. The molecule has 2 N–H and O–H groups in total. The van der Waals surface area contributed by atoms with E-state index in [9.17, 15) is 0 Å². The van der Waals surface area contributed by atoms with Crippen molar-refractivity contribution in [1.82, 2.24) is 25.0 Å². The normalized spacial score (nSPS) is 14.8. The Morgan fingerprint density at radius 3 is 2.62 bits per heavy atom. The smallest absolute Gasteiger partial charge is 0.326 e. The summed E-state index contributed by atoms with van der Waals surface area (Å²) in [5, 5.41) is 7.54. The Morgan fingerprint density at radius 1 is 1.06 bits per heavy atom. The molecule has 1 aromatic carbocycles. The van der Waals surface area contributed by atoms with Crippen molar-refractivity contribution in [1.29, 1.82) is 0 Å². The van der Waals surface area contributed by atoms with Crippen LogP contribution in [0.5, 0.6) is 11.8 Å². The van der Waals surface area contributed by atoms with Crippen molar-refractivity contribution in [2.24, 2.45) is 0 Å². The first-order valence-electron chi connectivity index (χ1n) is 10.4. The van der Waals surface area contributed by atoms with Gasteiger partial charge < -0.3 is 29.4 Å². The molecule has 1 saturated heterocycles. The summed E-state index contributed by atoms with van der Waals surface area (Å²) in [4.78, 5) is 16.5. The second kappa shape index (κ2) is 8.12. The molecule has 0 saturated carbocycles. The number of aromatic amines is 1. The van der Waals surface area contributed by atoms with Crippen molar-refractivity contribution in [2.75, 3.05) is 43.4 Å². The maximum Gasteiger partial charge on any atom is 0.326 e. The van der Waals surface area contributed by atoms with Crippen LogP contribution in [0.1, 0.15) is 11.5 Å². The highest BCUT2D eigenvalue weighted by atomic mass is 19.1. The lowest BCUT2D eigenvalue weighted by atomic mass is 10.2. The summed E-state index contributed by atoms with van der Waals surface area (Å²) in [6.07, 6.45) is 0. The largest absolute Gasteiger partial charge is 0.421 e. The number of nitrogens with zero attached hydrogens (tertiary/aromatic N) is 5. The molecule has 1 aliphatic rings. The molecule has 0 atom stereocenters. The van der Waals surface area contributed by atoms with Gasteiger partial charge in [0.2, 0.25) is 0 Å². The summed E-state index contributed by atoms with van der Waals surface area (Å²) in [6.45, 7) is 7.17.